The van der Waals surface area contributed by atoms with Crippen molar-refractivity contribution >= 4 is 18.9 Å². The monoisotopic (exact) mass is 629 g/mol. The van der Waals surface area contributed by atoms with Crippen LogP contribution in [0.3, 0.4) is 0 Å². The molecular formula is C38H56BN3O4. The summed E-state index contributed by atoms with van der Waals surface area (Å²) in [5.41, 5.74) is 0.542. The van der Waals surface area contributed by atoms with Gasteiger partial charge in [0.25, 0.3) is 0 Å². The van der Waals surface area contributed by atoms with Gasteiger partial charge in [-0.2, -0.15) is 0 Å². The average molecular weight is 630 g/mol. The van der Waals surface area contributed by atoms with Crippen LogP contribution in [0, 0.1) is 17.8 Å². The number of carbonyl (C=O) groups excluding carboxylic acids is 2. The number of hydrogen-bond acceptors (Lipinski definition) is 5. The standard InChI is InChI=1S/C38H56BN3O4/c1-27(43)40-38(34(44)41-35(2,3)4)24-30-22-31(42(25-28-16-11-9-12-17-28)26-29-18-13-10-14-19-29)23-32(30)33(38)20-15-21-39-45-36(5,6)37(7,8)46-39/h9-14,16-19,30-33H,15,20-26H2,1-8H3,(H,40,43)(H,41,44)/t30-,31?,32-,33?,38?/m1/s1. The van der Waals surface area contributed by atoms with Crippen molar-refractivity contribution in [3.63, 3.8) is 0 Å². The van der Waals surface area contributed by atoms with Crippen molar-refractivity contribution in [1.82, 2.24) is 15.5 Å². The number of nitrogens with zero attached hydrogens (tertiary/aromatic N) is 1. The normalized spacial score (nSPS) is 28.3. The molecule has 1 aliphatic heterocycles. The lowest BCUT2D eigenvalue weighted by atomic mass is 9.74. The fraction of sp³-hybridized carbons (Fsp3) is 0.632. The minimum absolute atomic E-state index is 0.0199. The number of nitrogens with one attached hydrogen (secondary N) is 2. The summed E-state index contributed by atoms with van der Waals surface area (Å²) in [6, 6.07) is 21.9. The highest BCUT2D eigenvalue weighted by atomic mass is 16.7. The highest BCUT2D eigenvalue weighted by Gasteiger charge is 2.61. The summed E-state index contributed by atoms with van der Waals surface area (Å²) >= 11 is 0. The molecule has 0 spiro atoms. The number of hydrogen-bond donors (Lipinski definition) is 2. The highest BCUT2D eigenvalue weighted by Crippen LogP contribution is 2.56. The van der Waals surface area contributed by atoms with E-state index in [-0.39, 0.29) is 36.1 Å². The number of fused-ring (bicyclic) bond motifs is 1. The van der Waals surface area contributed by atoms with Crippen LogP contribution in [0.5, 0.6) is 0 Å². The largest absolute Gasteiger partial charge is 0.457 e. The summed E-state index contributed by atoms with van der Waals surface area (Å²) in [5.74, 6) is 0.499. The van der Waals surface area contributed by atoms with Gasteiger partial charge in [-0.15, -0.1) is 0 Å². The summed E-state index contributed by atoms with van der Waals surface area (Å²) in [7, 11) is -0.274. The fourth-order valence-electron chi connectivity index (χ4n) is 8.31. The lowest BCUT2D eigenvalue weighted by Gasteiger charge is -2.40. The van der Waals surface area contributed by atoms with Gasteiger partial charge in [-0.1, -0.05) is 67.1 Å². The van der Waals surface area contributed by atoms with Crippen molar-refractivity contribution < 1.29 is 18.9 Å². The first-order valence-electron chi connectivity index (χ1n) is 17.4. The third kappa shape index (κ3) is 7.72. The Labute approximate surface area is 277 Å². The molecule has 0 aromatic heterocycles. The molecule has 250 valence electrons. The van der Waals surface area contributed by atoms with Gasteiger partial charge in [0.2, 0.25) is 11.8 Å². The number of benzene rings is 2. The van der Waals surface area contributed by atoms with Crippen molar-refractivity contribution in [1.29, 1.82) is 0 Å². The Bertz CT molecular complexity index is 1290. The maximum absolute atomic E-state index is 14.3. The molecule has 2 aromatic rings. The Morgan fingerprint density at radius 3 is 1.93 bits per heavy atom. The van der Waals surface area contributed by atoms with Crippen molar-refractivity contribution in [2.75, 3.05) is 0 Å². The third-order valence-electron chi connectivity index (χ3n) is 11.0. The molecule has 1 saturated heterocycles. The molecule has 7 nitrogen and oxygen atoms in total. The minimum atomic E-state index is -0.932. The summed E-state index contributed by atoms with van der Waals surface area (Å²) in [6.07, 6.45) is 5.14. The van der Waals surface area contributed by atoms with Crippen molar-refractivity contribution in [2.45, 2.75) is 135 Å². The molecule has 2 aliphatic carbocycles. The maximum Gasteiger partial charge on any atom is 0.457 e. The molecule has 3 fully saturated rings. The van der Waals surface area contributed by atoms with Gasteiger partial charge in [0.1, 0.15) is 5.54 Å². The molecular weight excluding hydrogens is 573 g/mol. The molecule has 2 saturated carbocycles. The predicted octanol–water partition coefficient (Wildman–Crippen LogP) is 6.77. The van der Waals surface area contributed by atoms with Crippen molar-refractivity contribution in [3.05, 3.63) is 71.8 Å². The van der Waals surface area contributed by atoms with Gasteiger partial charge in [0, 0.05) is 31.6 Å². The van der Waals surface area contributed by atoms with E-state index in [9.17, 15) is 9.59 Å². The first-order chi connectivity index (χ1) is 21.6. The zero-order valence-corrected chi connectivity index (χ0v) is 29.4. The molecule has 2 aromatic carbocycles. The Hall–Kier alpha value is -2.68. The SMILES string of the molecule is CC(=O)NC1(C(=O)NC(C)(C)C)C[C@H]2CC(N(Cc3ccccc3)Cc3ccccc3)C[C@H]2C1CCCB1OC(C)(C)C(C)(C)O1. The molecule has 5 atom stereocenters. The van der Waals surface area contributed by atoms with Crippen LogP contribution in [0.25, 0.3) is 0 Å². The van der Waals surface area contributed by atoms with Crippen LogP contribution in [0.2, 0.25) is 6.32 Å². The van der Waals surface area contributed by atoms with Gasteiger partial charge in [-0.25, -0.2) is 0 Å². The maximum atomic E-state index is 14.3. The van der Waals surface area contributed by atoms with Gasteiger partial charge in [-0.05, 0) is 109 Å². The average Bonchev–Trinajstić information content (AvgIpc) is 3.55. The predicted molar refractivity (Wildman–Crippen MR) is 185 cm³/mol. The Kier molecular flexibility index (Phi) is 10.1. The van der Waals surface area contributed by atoms with Crippen LogP contribution in [0.15, 0.2) is 60.7 Å². The van der Waals surface area contributed by atoms with E-state index in [0.29, 0.717) is 24.3 Å². The molecule has 3 unspecified atom stereocenters. The highest BCUT2D eigenvalue weighted by molar-refractivity contribution is 6.45. The summed E-state index contributed by atoms with van der Waals surface area (Å²) in [6.45, 7) is 17.7. The van der Waals surface area contributed by atoms with Crippen LogP contribution < -0.4 is 10.6 Å². The second-order valence-electron chi connectivity index (χ2n) is 16.2. The second kappa shape index (κ2) is 13.4. The summed E-state index contributed by atoms with van der Waals surface area (Å²) in [4.78, 5) is 29.7. The van der Waals surface area contributed by atoms with Crippen LogP contribution in [-0.2, 0) is 32.0 Å². The number of carbonyl (C=O) groups is 2. The smallest absolute Gasteiger partial charge is 0.403 e. The quantitative estimate of drug-likeness (QED) is 0.269. The minimum Gasteiger partial charge on any atom is -0.403 e. The lowest BCUT2D eigenvalue weighted by molar-refractivity contribution is -0.136. The molecule has 8 heteroatoms. The number of amides is 2. The van der Waals surface area contributed by atoms with Gasteiger partial charge < -0.3 is 19.9 Å². The topological polar surface area (TPSA) is 79.9 Å². The van der Waals surface area contributed by atoms with Crippen LogP contribution >= 0.6 is 0 Å². The molecule has 2 N–H and O–H groups in total. The molecule has 46 heavy (non-hydrogen) atoms. The van der Waals surface area contributed by atoms with Crippen LogP contribution in [-0.4, -0.2) is 52.2 Å². The Morgan fingerprint density at radius 1 is 0.891 bits per heavy atom. The van der Waals surface area contributed by atoms with Crippen molar-refractivity contribution in [2.24, 2.45) is 17.8 Å². The van der Waals surface area contributed by atoms with E-state index in [1.165, 1.54) is 11.1 Å². The van der Waals surface area contributed by atoms with E-state index in [0.717, 1.165) is 45.1 Å². The zero-order chi connectivity index (χ0) is 33.3. The van der Waals surface area contributed by atoms with E-state index in [2.05, 4.69) is 104 Å². The molecule has 0 radical (unpaired) electrons. The lowest BCUT2D eigenvalue weighted by Crippen LogP contribution is -2.64. The molecule has 0 bridgehead atoms. The zero-order valence-electron chi connectivity index (χ0n) is 29.4. The van der Waals surface area contributed by atoms with E-state index in [4.69, 9.17) is 9.31 Å². The first kappa shape index (κ1) is 34.7. The first-order valence-corrected chi connectivity index (χ1v) is 17.4. The fourth-order valence-corrected chi connectivity index (χ4v) is 8.31. The summed E-state index contributed by atoms with van der Waals surface area (Å²) < 4.78 is 12.7. The van der Waals surface area contributed by atoms with Gasteiger partial charge in [0.15, 0.2) is 0 Å². The number of rotatable bonds is 11. The molecule has 3 aliphatic rings. The van der Waals surface area contributed by atoms with Gasteiger partial charge in [-0.3, -0.25) is 14.5 Å². The summed E-state index contributed by atoms with van der Waals surface area (Å²) in [5, 5.41) is 6.52. The molecule has 5 rings (SSSR count). The van der Waals surface area contributed by atoms with Crippen LogP contribution in [0.1, 0.15) is 98.6 Å². The van der Waals surface area contributed by atoms with Crippen molar-refractivity contribution in [3.8, 4) is 0 Å². The van der Waals surface area contributed by atoms with Gasteiger partial charge >= 0.3 is 7.12 Å². The van der Waals surface area contributed by atoms with E-state index in [1.807, 2.05) is 20.8 Å². The molecule has 1 heterocycles. The van der Waals surface area contributed by atoms with E-state index < -0.39 is 11.1 Å². The van der Waals surface area contributed by atoms with Crippen LogP contribution in [0.4, 0.5) is 0 Å². The molecule has 2 amide bonds. The van der Waals surface area contributed by atoms with E-state index in [1.54, 1.807) is 6.92 Å². The van der Waals surface area contributed by atoms with Gasteiger partial charge in [0.05, 0.1) is 11.2 Å². The van der Waals surface area contributed by atoms with E-state index >= 15 is 0 Å². The third-order valence-corrected chi connectivity index (χ3v) is 11.0. The second-order valence-corrected chi connectivity index (χ2v) is 16.2. The Balaban J connectivity index is 1.40. The Morgan fingerprint density at radius 2 is 1.43 bits per heavy atom.